The Morgan fingerprint density at radius 2 is 1.32 bits per heavy atom. The van der Waals surface area contributed by atoms with Gasteiger partial charge in [0.2, 0.25) is 5.91 Å². The summed E-state index contributed by atoms with van der Waals surface area (Å²) in [7, 11) is 0. The Bertz CT molecular complexity index is 1160. The van der Waals surface area contributed by atoms with E-state index in [0.717, 1.165) is 16.7 Å². The smallest absolute Gasteiger partial charge is 0.241 e. The van der Waals surface area contributed by atoms with Crippen LogP contribution in [0, 0.1) is 11.8 Å². The molecule has 3 aromatic carbocycles. The van der Waals surface area contributed by atoms with E-state index < -0.39 is 12.1 Å². The van der Waals surface area contributed by atoms with E-state index in [-0.39, 0.29) is 17.7 Å². The second-order valence-electron chi connectivity index (χ2n) is 9.51. The highest BCUT2D eigenvalue weighted by atomic mass is 35.5. The quantitative estimate of drug-likeness (QED) is 0.278. The molecule has 4 rings (SSSR count). The van der Waals surface area contributed by atoms with Gasteiger partial charge in [-0.05, 0) is 72.0 Å². The summed E-state index contributed by atoms with van der Waals surface area (Å²) in [5, 5.41) is 13.3. The monoisotopic (exact) mass is 598 g/mol. The third-order valence-corrected chi connectivity index (χ3v) is 8.61. The Morgan fingerprint density at radius 3 is 1.78 bits per heavy atom. The summed E-state index contributed by atoms with van der Waals surface area (Å²) < 4.78 is 0. The zero-order valence-electron chi connectivity index (χ0n) is 19.9. The molecule has 1 heterocycles. The predicted octanol–water partition coefficient (Wildman–Crippen LogP) is 6.88. The Morgan fingerprint density at radius 1 is 0.811 bits per heavy atom. The Labute approximate surface area is 242 Å². The lowest BCUT2D eigenvalue weighted by Crippen LogP contribution is -2.56. The molecule has 0 bridgehead atoms. The number of nitrogens with one attached hydrogen (secondary N) is 1. The predicted molar refractivity (Wildman–Crippen MR) is 153 cm³/mol. The maximum atomic E-state index is 13.7. The first-order chi connectivity index (χ1) is 17.7. The number of nitrogens with zero attached hydrogens (tertiary/aromatic N) is 1. The molecule has 4 nitrogen and oxygen atoms in total. The molecule has 1 amide bonds. The van der Waals surface area contributed by atoms with E-state index in [0.29, 0.717) is 52.4 Å². The highest BCUT2D eigenvalue weighted by Crippen LogP contribution is 2.32. The van der Waals surface area contributed by atoms with Gasteiger partial charge in [0.05, 0.1) is 26.2 Å². The summed E-state index contributed by atoms with van der Waals surface area (Å²) in [5.74, 6) is -0.533. The molecule has 0 aromatic heterocycles. The van der Waals surface area contributed by atoms with Gasteiger partial charge in [0.25, 0.3) is 0 Å². The molecule has 3 atom stereocenters. The average molecular weight is 601 g/mol. The second kappa shape index (κ2) is 13.0. The fraction of sp³-hybridized carbons (Fsp3) is 0.321. The number of halogens is 5. The number of rotatable bonds is 8. The maximum absolute atomic E-state index is 13.7. The molecule has 1 fully saturated rings. The van der Waals surface area contributed by atoms with Crippen molar-refractivity contribution in [3.05, 3.63) is 104 Å². The minimum atomic E-state index is -0.649. The molecule has 3 aromatic rings. The first kappa shape index (κ1) is 28.5. The van der Waals surface area contributed by atoms with Crippen molar-refractivity contribution in [3.8, 4) is 0 Å². The molecule has 1 aliphatic rings. The highest BCUT2D eigenvalue weighted by Gasteiger charge is 2.39. The van der Waals surface area contributed by atoms with Gasteiger partial charge in [-0.25, -0.2) is 4.84 Å². The largest absolute Gasteiger partial charge is 0.392 e. The molecular weight excluding hydrogens is 574 g/mol. The maximum Gasteiger partial charge on any atom is 0.241 e. The van der Waals surface area contributed by atoms with E-state index in [4.69, 9.17) is 58.2 Å². The van der Waals surface area contributed by atoms with E-state index in [1.165, 1.54) is 0 Å². The third-order valence-electron chi connectivity index (χ3n) is 6.86. The van der Waals surface area contributed by atoms with Gasteiger partial charge in [0.15, 0.2) is 0 Å². The van der Waals surface area contributed by atoms with Crippen LogP contribution in [-0.4, -0.2) is 41.1 Å². The van der Waals surface area contributed by atoms with Crippen LogP contribution in [0.25, 0.3) is 0 Å². The molecule has 37 heavy (non-hydrogen) atoms. The van der Waals surface area contributed by atoms with Crippen LogP contribution in [0.15, 0.2) is 66.7 Å². The van der Waals surface area contributed by atoms with Crippen molar-refractivity contribution in [3.63, 3.8) is 0 Å². The van der Waals surface area contributed by atoms with Gasteiger partial charge in [-0.3, -0.25) is 4.79 Å². The Balaban J connectivity index is 1.58. The van der Waals surface area contributed by atoms with E-state index in [1.807, 2.05) is 54.6 Å². The zero-order chi connectivity index (χ0) is 26.5. The number of amides is 1. The van der Waals surface area contributed by atoms with E-state index in [1.54, 1.807) is 17.0 Å². The van der Waals surface area contributed by atoms with Gasteiger partial charge in [0.1, 0.15) is 6.04 Å². The van der Waals surface area contributed by atoms with Gasteiger partial charge in [-0.1, -0.05) is 88.9 Å². The minimum absolute atomic E-state index is 0.107. The standard InChI is InChI=1S/C28H27Cl5N2O2/c29-22-8-6-18(12-24(22)31)10-20-15-35(28(37)26(34-33)14-17-4-2-1-3-5-17)16-21(27(20)36)11-19-7-9-23(30)25(32)13-19/h1-9,12-13,20-21,26-27,34,36H,10-11,14-16H2/t20?,21?,26-,27?/m1/s1. The normalized spacial score (nSPS) is 20.6. The van der Waals surface area contributed by atoms with Crippen molar-refractivity contribution in [2.45, 2.75) is 31.4 Å². The van der Waals surface area contributed by atoms with Crippen LogP contribution in [0.1, 0.15) is 16.7 Å². The van der Waals surface area contributed by atoms with Gasteiger partial charge in [0, 0.05) is 24.9 Å². The van der Waals surface area contributed by atoms with Crippen molar-refractivity contribution >= 4 is 64.1 Å². The summed E-state index contributed by atoms with van der Waals surface area (Å²) in [4.78, 5) is 18.1. The minimum Gasteiger partial charge on any atom is -0.392 e. The number of piperidine rings is 1. The van der Waals surface area contributed by atoms with Gasteiger partial charge in [-0.2, -0.15) is 0 Å². The van der Waals surface area contributed by atoms with Crippen LogP contribution in [0.4, 0.5) is 0 Å². The summed E-state index contributed by atoms with van der Waals surface area (Å²) in [5.41, 5.74) is 2.89. The number of hydrogen-bond acceptors (Lipinski definition) is 3. The highest BCUT2D eigenvalue weighted by molar-refractivity contribution is 6.42. The van der Waals surface area contributed by atoms with E-state index in [2.05, 4.69) is 4.84 Å². The first-order valence-corrected chi connectivity index (χ1v) is 13.9. The molecular formula is C28H27Cl5N2O2. The molecule has 0 spiro atoms. The van der Waals surface area contributed by atoms with E-state index >= 15 is 0 Å². The Kier molecular flexibility index (Phi) is 10.0. The molecule has 1 aliphatic heterocycles. The van der Waals surface area contributed by atoms with Crippen LogP contribution in [0.5, 0.6) is 0 Å². The summed E-state index contributed by atoms with van der Waals surface area (Å²) in [6, 6.07) is 20.0. The number of carbonyl (C=O) groups is 1. The van der Waals surface area contributed by atoms with Crippen LogP contribution in [-0.2, 0) is 24.1 Å². The Hall–Kier alpha value is -1.50. The topological polar surface area (TPSA) is 52.6 Å². The molecule has 0 saturated carbocycles. The molecule has 0 aliphatic carbocycles. The van der Waals surface area contributed by atoms with Crippen molar-refractivity contribution in [2.24, 2.45) is 11.8 Å². The lowest BCUT2D eigenvalue weighted by atomic mass is 9.79. The number of hydrogen-bond donors (Lipinski definition) is 2. The molecule has 196 valence electrons. The fourth-order valence-corrected chi connectivity index (χ4v) is 5.79. The molecule has 2 N–H and O–H groups in total. The first-order valence-electron chi connectivity index (χ1n) is 12.0. The summed E-state index contributed by atoms with van der Waals surface area (Å²) in [6.45, 7) is 0.782. The average Bonchev–Trinajstić information content (AvgIpc) is 2.89. The lowest BCUT2D eigenvalue weighted by Gasteiger charge is -2.43. The van der Waals surface area contributed by atoms with Gasteiger partial charge < -0.3 is 10.0 Å². The second-order valence-corrected chi connectivity index (χ2v) is 11.4. The number of aliphatic hydroxyl groups is 1. The fourth-order valence-electron chi connectivity index (χ4n) is 4.97. The van der Waals surface area contributed by atoms with E-state index in [9.17, 15) is 9.90 Å². The van der Waals surface area contributed by atoms with Gasteiger partial charge >= 0.3 is 0 Å². The third kappa shape index (κ3) is 7.33. The lowest BCUT2D eigenvalue weighted by molar-refractivity contribution is -0.139. The van der Waals surface area contributed by atoms with Crippen LogP contribution in [0.3, 0.4) is 0 Å². The molecule has 2 unspecified atom stereocenters. The van der Waals surface area contributed by atoms with Crippen molar-refractivity contribution < 1.29 is 9.90 Å². The summed E-state index contributed by atoms with van der Waals surface area (Å²) in [6.07, 6.45) is 0.885. The molecule has 9 heteroatoms. The van der Waals surface area contributed by atoms with Crippen LogP contribution < -0.4 is 4.84 Å². The van der Waals surface area contributed by atoms with Crippen molar-refractivity contribution in [1.29, 1.82) is 0 Å². The SMILES string of the molecule is O=C([C@@H](Cc1ccccc1)NCl)N1CC(Cc2ccc(Cl)c(Cl)c2)C(O)C(Cc2ccc(Cl)c(Cl)c2)C1. The van der Waals surface area contributed by atoms with Crippen molar-refractivity contribution in [2.75, 3.05) is 13.1 Å². The van der Waals surface area contributed by atoms with Crippen LogP contribution >= 0.6 is 58.2 Å². The molecule has 0 radical (unpaired) electrons. The van der Waals surface area contributed by atoms with Gasteiger partial charge in [-0.15, -0.1) is 0 Å². The number of aliphatic hydroxyl groups excluding tert-OH is 1. The molecule has 1 saturated heterocycles. The number of benzene rings is 3. The zero-order valence-corrected chi connectivity index (χ0v) is 23.7. The summed E-state index contributed by atoms with van der Waals surface area (Å²) >= 11 is 30.7. The van der Waals surface area contributed by atoms with Crippen LogP contribution in [0.2, 0.25) is 20.1 Å². The number of likely N-dealkylation sites (tertiary alicyclic amines) is 1. The number of carbonyl (C=O) groups excluding carboxylic acids is 1. The van der Waals surface area contributed by atoms with Crippen molar-refractivity contribution in [1.82, 2.24) is 9.74 Å².